The molecular weight excluding hydrogens is 225 g/mol. The molecule has 0 aliphatic carbocycles. The second kappa shape index (κ2) is 4.30. The Balaban J connectivity index is 2.26. The van der Waals surface area contributed by atoms with Gasteiger partial charge in [0.05, 0.1) is 0 Å². The Hall–Kier alpha value is -2.09. The van der Waals surface area contributed by atoms with Gasteiger partial charge in [0.15, 0.2) is 0 Å². The molecule has 0 saturated carbocycles. The van der Waals surface area contributed by atoms with Crippen LogP contribution in [0.15, 0.2) is 54.7 Å². The van der Waals surface area contributed by atoms with Crippen molar-refractivity contribution in [2.45, 2.75) is 13.5 Å². The van der Waals surface area contributed by atoms with Crippen LogP contribution in [0.4, 0.5) is 4.39 Å². The summed E-state index contributed by atoms with van der Waals surface area (Å²) in [7, 11) is 0. The topological polar surface area (TPSA) is 4.93 Å². The van der Waals surface area contributed by atoms with Gasteiger partial charge in [0.2, 0.25) is 0 Å². The zero-order valence-corrected chi connectivity index (χ0v) is 10.2. The zero-order chi connectivity index (χ0) is 12.5. The minimum Gasteiger partial charge on any atom is -0.347 e. The van der Waals surface area contributed by atoms with E-state index >= 15 is 0 Å². The zero-order valence-electron chi connectivity index (χ0n) is 10.2. The summed E-state index contributed by atoms with van der Waals surface area (Å²) in [5.74, 6) is -0.196. The molecule has 0 spiro atoms. The van der Waals surface area contributed by atoms with Crippen molar-refractivity contribution in [2.75, 3.05) is 0 Å². The van der Waals surface area contributed by atoms with Gasteiger partial charge in [-0.2, -0.15) is 0 Å². The van der Waals surface area contributed by atoms with Crippen molar-refractivity contribution < 1.29 is 4.39 Å². The largest absolute Gasteiger partial charge is 0.347 e. The SMILES string of the molecule is CCn1cc(-c2ccc(F)cc2)c2ccccc21. The van der Waals surface area contributed by atoms with E-state index in [0.29, 0.717) is 0 Å². The molecule has 3 rings (SSSR count). The molecule has 1 nitrogen and oxygen atoms in total. The second-order valence-electron chi connectivity index (χ2n) is 4.35. The highest BCUT2D eigenvalue weighted by atomic mass is 19.1. The van der Waals surface area contributed by atoms with E-state index < -0.39 is 0 Å². The summed E-state index contributed by atoms with van der Waals surface area (Å²) in [6.07, 6.45) is 2.14. The van der Waals surface area contributed by atoms with E-state index in [4.69, 9.17) is 0 Å². The van der Waals surface area contributed by atoms with Crippen molar-refractivity contribution in [1.29, 1.82) is 0 Å². The third-order valence-corrected chi connectivity index (χ3v) is 3.28. The molecule has 3 aromatic rings. The monoisotopic (exact) mass is 239 g/mol. The maximum atomic E-state index is 13.0. The Morgan fingerprint density at radius 3 is 2.44 bits per heavy atom. The van der Waals surface area contributed by atoms with Gasteiger partial charge in [-0.05, 0) is 30.7 Å². The second-order valence-corrected chi connectivity index (χ2v) is 4.35. The van der Waals surface area contributed by atoms with E-state index in [0.717, 1.165) is 17.7 Å². The average molecular weight is 239 g/mol. The van der Waals surface area contributed by atoms with E-state index in [9.17, 15) is 4.39 Å². The molecule has 0 saturated heterocycles. The van der Waals surface area contributed by atoms with Crippen molar-refractivity contribution in [3.05, 3.63) is 60.5 Å². The summed E-state index contributed by atoms with van der Waals surface area (Å²) in [6.45, 7) is 3.06. The summed E-state index contributed by atoms with van der Waals surface area (Å²) in [4.78, 5) is 0. The van der Waals surface area contributed by atoms with Crippen LogP contribution >= 0.6 is 0 Å². The lowest BCUT2D eigenvalue weighted by atomic mass is 10.1. The van der Waals surface area contributed by atoms with Crippen molar-refractivity contribution >= 4 is 10.9 Å². The summed E-state index contributed by atoms with van der Waals surface area (Å²) in [5, 5.41) is 1.21. The van der Waals surface area contributed by atoms with Crippen LogP contribution in [0.2, 0.25) is 0 Å². The third-order valence-electron chi connectivity index (χ3n) is 3.28. The molecule has 1 heterocycles. The normalized spacial score (nSPS) is 11.0. The van der Waals surface area contributed by atoms with Gasteiger partial charge >= 0.3 is 0 Å². The molecule has 18 heavy (non-hydrogen) atoms. The van der Waals surface area contributed by atoms with Crippen LogP contribution in [0, 0.1) is 5.82 Å². The first kappa shape index (κ1) is 11.0. The predicted octanol–water partition coefficient (Wildman–Crippen LogP) is 4.47. The minimum atomic E-state index is -0.196. The van der Waals surface area contributed by atoms with Gasteiger partial charge in [-0.15, -0.1) is 0 Å². The van der Waals surface area contributed by atoms with Crippen molar-refractivity contribution in [3.63, 3.8) is 0 Å². The van der Waals surface area contributed by atoms with Gasteiger partial charge < -0.3 is 4.57 Å². The van der Waals surface area contributed by atoms with Crippen LogP contribution in [-0.4, -0.2) is 4.57 Å². The van der Waals surface area contributed by atoms with E-state index in [1.165, 1.54) is 23.0 Å². The van der Waals surface area contributed by atoms with Crippen LogP contribution in [0.5, 0.6) is 0 Å². The number of benzene rings is 2. The van der Waals surface area contributed by atoms with Gasteiger partial charge in [0.1, 0.15) is 5.82 Å². The Labute approximate surface area is 105 Å². The van der Waals surface area contributed by atoms with Crippen molar-refractivity contribution in [3.8, 4) is 11.1 Å². The lowest BCUT2D eigenvalue weighted by molar-refractivity contribution is 0.628. The van der Waals surface area contributed by atoms with Crippen LogP contribution in [-0.2, 0) is 6.54 Å². The molecule has 2 heteroatoms. The molecule has 2 aromatic carbocycles. The molecule has 0 atom stereocenters. The Kier molecular flexibility index (Phi) is 2.63. The highest BCUT2D eigenvalue weighted by Crippen LogP contribution is 2.30. The molecule has 0 N–H and O–H groups in total. The molecule has 90 valence electrons. The number of halogens is 1. The highest BCUT2D eigenvalue weighted by molar-refractivity contribution is 5.96. The number of fused-ring (bicyclic) bond motifs is 1. The van der Waals surface area contributed by atoms with Crippen LogP contribution < -0.4 is 0 Å². The first-order valence-corrected chi connectivity index (χ1v) is 6.13. The molecule has 1 aromatic heterocycles. The predicted molar refractivity (Wildman–Crippen MR) is 73.0 cm³/mol. The smallest absolute Gasteiger partial charge is 0.123 e. The molecule has 0 amide bonds. The molecular formula is C16H14FN. The standard InChI is InChI=1S/C16H14FN/c1-2-18-11-15(12-7-9-13(17)10-8-12)14-5-3-4-6-16(14)18/h3-11H,2H2,1H3. The molecule has 0 radical (unpaired) electrons. The fraction of sp³-hybridized carbons (Fsp3) is 0.125. The molecule has 0 bridgehead atoms. The van der Waals surface area contributed by atoms with Gasteiger partial charge in [-0.1, -0.05) is 30.3 Å². The fourth-order valence-corrected chi connectivity index (χ4v) is 2.37. The van der Waals surface area contributed by atoms with E-state index in [-0.39, 0.29) is 5.82 Å². The lowest BCUT2D eigenvalue weighted by Crippen LogP contribution is -1.89. The number of aromatic nitrogens is 1. The summed E-state index contributed by atoms with van der Waals surface area (Å²) < 4.78 is 15.2. The van der Waals surface area contributed by atoms with Crippen LogP contribution in [0.1, 0.15) is 6.92 Å². The number of rotatable bonds is 2. The van der Waals surface area contributed by atoms with E-state index in [2.05, 4.69) is 29.8 Å². The fourth-order valence-electron chi connectivity index (χ4n) is 2.37. The van der Waals surface area contributed by atoms with Crippen molar-refractivity contribution in [2.24, 2.45) is 0 Å². The van der Waals surface area contributed by atoms with E-state index in [1.807, 2.05) is 24.3 Å². The Bertz CT molecular complexity index is 680. The van der Waals surface area contributed by atoms with Crippen LogP contribution in [0.25, 0.3) is 22.0 Å². The van der Waals surface area contributed by atoms with Gasteiger partial charge in [-0.25, -0.2) is 4.39 Å². The number of hydrogen-bond acceptors (Lipinski definition) is 0. The minimum absolute atomic E-state index is 0.196. The summed E-state index contributed by atoms with van der Waals surface area (Å²) >= 11 is 0. The molecule has 0 unspecified atom stereocenters. The van der Waals surface area contributed by atoms with Gasteiger partial charge in [0, 0.05) is 29.2 Å². The summed E-state index contributed by atoms with van der Waals surface area (Å²) in [5.41, 5.74) is 3.44. The third kappa shape index (κ3) is 1.70. The number of nitrogens with zero attached hydrogens (tertiary/aromatic N) is 1. The first-order chi connectivity index (χ1) is 8.79. The first-order valence-electron chi connectivity index (χ1n) is 6.13. The quantitative estimate of drug-likeness (QED) is 0.622. The molecule has 0 fully saturated rings. The Morgan fingerprint density at radius 2 is 1.72 bits per heavy atom. The van der Waals surface area contributed by atoms with Crippen molar-refractivity contribution in [1.82, 2.24) is 4.57 Å². The maximum Gasteiger partial charge on any atom is 0.123 e. The number of aryl methyl sites for hydroxylation is 1. The van der Waals surface area contributed by atoms with Crippen LogP contribution in [0.3, 0.4) is 0 Å². The number of hydrogen-bond donors (Lipinski definition) is 0. The highest BCUT2D eigenvalue weighted by Gasteiger charge is 2.08. The van der Waals surface area contributed by atoms with Gasteiger partial charge in [-0.3, -0.25) is 0 Å². The summed E-state index contributed by atoms with van der Waals surface area (Å²) in [6, 6.07) is 15.0. The van der Waals surface area contributed by atoms with Gasteiger partial charge in [0.25, 0.3) is 0 Å². The Morgan fingerprint density at radius 1 is 1.00 bits per heavy atom. The van der Waals surface area contributed by atoms with E-state index in [1.54, 1.807) is 0 Å². The average Bonchev–Trinajstić information content (AvgIpc) is 2.79. The lowest BCUT2D eigenvalue weighted by Gasteiger charge is -1.98. The maximum absolute atomic E-state index is 13.0. The number of para-hydroxylation sites is 1. The molecule has 0 aliphatic rings. The molecule has 0 aliphatic heterocycles.